The molecule has 96 valence electrons. The maximum Gasteiger partial charge on any atom is 0.340 e. The van der Waals surface area contributed by atoms with Crippen LogP contribution in [-0.2, 0) is 4.74 Å². The molecule has 4 heteroatoms. The zero-order valence-electron chi connectivity index (χ0n) is 11.0. The molecular weight excluding hydrogens is 230 g/mol. The Morgan fingerprint density at radius 2 is 2.00 bits per heavy atom. The summed E-state index contributed by atoms with van der Waals surface area (Å²) >= 11 is 0. The van der Waals surface area contributed by atoms with Crippen LogP contribution in [0.25, 0.3) is 10.9 Å². The van der Waals surface area contributed by atoms with Gasteiger partial charge in [-0.3, -0.25) is 0 Å². The van der Waals surface area contributed by atoms with E-state index in [4.69, 9.17) is 9.47 Å². The fraction of sp³-hybridized carbons (Fsp3) is 0.357. The van der Waals surface area contributed by atoms with Crippen LogP contribution in [0, 0.1) is 0 Å². The lowest BCUT2D eigenvalue weighted by molar-refractivity contribution is 0.00719. The summed E-state index contributed by atoms with van der Waals surface area (Å²) in [7, 11) is 1.60. The van der Waals surface area contributed by atoms with Gasteiger partial charge in [0.2, 0.25) is 0 Å². The van der Waals surface area contributed by atoms with Gasteiger partial charge in [-0.25, -0.2) is 4.79 Å². The van der Waals surface area contributed by atoms with Gasteiger partial charge in [0.1, 0.15) is 11.4 Å². The van der Waals surface area contributed by atoms with Crippen LogP contribution in [0.2, 0.25) is 0 Å². The van der Waals surface area contributed by atoms with Crippen molar-refractivity contribution >= 4 is 16.9 Å². The smallest absolute Gasteiger partial charge is 0.340 e. The van der Waals surface area contributed by atoms with E-state index in [2.05, 4.69) is 4.98 Å². The topological polar surface area (TPSA) is 51.3 Å². The largest absolute Gasteiger partial charge is 0.497 e. The quantitative estimate of drug-likeness (QED) is 0.829. The molecule has 0 unspecified atom stereocenters. The number of hydrogen-bond acceptors (Lipinski definition) is 3. The number of carbonyl (C=O) groups excluding carboxylic acids is 1. The zero-order chi connectivity index (χ0) is 13.3. The van der Waals surface area contributed by atoms with Crippen molar-refractivity contribution in [2.24, 2.45) is 0 Å². The predicted molar refractivity (Wildman–Crippen MR) is 70.0 cm³/mol. The number of methoxy groups -OCH3 is 1. The Morgan fingerprint density at radius 1 is 1.28 bits per heavy atom. The van der Waals surface area contributed by atoms with E-state index in [0.717, 1.165) is 10.9 Å². The number of rotatable bonds is 2. The summed E-state index contributed by atoms with van der Waals surface area (Å²) in [5.41, 5.74) is 0.912. The predicted octanol–water partition coefficient (Wildman–Crippen LogP) is 3.13. The van der Waals surface area contributed by atoms with Crippen molar-refractivity contribution in [3.05, 3.63) is 30.0 Å². The number of ether oxygens (including phenoxy) is 2. The van der Waals surface area contributed by atoms with E-state index in [1.54, 1.807) is 13.3 Å². The van der Waals surface area contributed by atoms with E-state index in [-0.39, 0.29) is 5.97 Å². The molecule has 1 heterocycles. The molecule has 0 saturated heterocycles. The molecule has 4 nitrogen and oxygen atoms in total. The highest BCUT2D eigenvalue weighted by Crippen LogP contribution is 2.25. The first-order valence-electron chi connectivity index (χ1n) is 5.79. The van der Waals surface area contributed by atoms with Crippen molar-refractivity contribution in [3.8, 4) is 5.75 Å². The molecule has 0 atom stereocenters. The van der Waals surface area contributed by atoms with Crippen LogP contribution in [0.15, 0.2) is 24.4 Å². The van der Waals surface area contributed by atoms with Gasteiger partial charge in [0.05, 0.1) is 12.7 Å². The number of fused-ring (bicyclic) bond motifs is 1. The number of esters is 1. The second-order valence-corrected chi connectivity index (χ2v) is 5.12. The summed E-state index contributed by atoms with van der Waals surface area (Å²) in [6.07, 6.45) is 1.66. The van der Waals surface area contributed by atoms with Crippen LogP contribution in [0.5, 0.6) is 5.75 Å². The molecule has 1 N–H and O–H groups in total. The number of carbonyl (C=O) groups is 1. The first-order valence-corrected chi connectivity index (χ1v) is 5.79. The molecule has 2 rings (SSSR count). The first kappa shape index (κ1) is 12.5. The first-order chi connectivity index (χ1) is 8.40. The fourth-order valence-electron chi connectivity index (χ4n) is 1.73. The highest BCUT2D eigenvalue weighted by molar-refractivity contribution is 6.04. The van der Waals surface area contributed by atoms with Crippen LogP contribution in [0.1, 0.15) is 31.1 Å². The van der Waals surface area contributed by atoms with E-state index >= 15 is 0 Å². The third kappa shape index (κ3) is 2.47. The number of benzene rings is 1. The molecule has 1 aromatic heterocycles. The molecule has 0 radical (unpaired) electrons. The lowest BCUT2D eigenvalue weighted by atomic mass is 10.1. The molecule has 0 spiro atoms. The minimum Gasteiger partial charge on any atom is -0.497 e. The van der Waals surface area contributed by atoms with Gasteiger partial charge in [-0.2, -0.15) is 0 Å². The molecule has 0 bridgehead atoms. The van der Waals surface area contributed by atoms with Gasteiger partial charge in [-0.15, -0.1) is 0 Å². The maximum atomic E-state index is 12.1. The van der Waals surface area contributed by atoms with Crippen LogP contribution >= 0.6 is 0 Å². The van der Waals surface area contributed by atoms with Gasteiger partial charge in [0.15, 0.2) is 0 Å². The highest BCUT2D eigenvalue weighted by Gasteiger charge is 2.20. The number of hydrogen-bond donors (Lipinski definition) is 1. The van der Waals surface area contributed by atoms with Crippen molar-refractivity contribution in [1.82, 2.24) is 4.98 Å². The number of aromatic amines is 1. The number of H-pyrrole nitrogens is 1. The van der Waals surface area contributed by atoms with Crippen molar-refractivity contribution in [2.45, 2.75) is 26.4 Å². The summed E-state index contributed by atoms with van der Waals surface area (Å²) in [5, 5.41) is 0.809. The normalized spacial score (nSPS) is 11.6. The molecule has 0 saturated carbocycles. The number of nitrogens with one attached hydrogen (secondary N) is 1. The third-order valence-electron chi connectivity index (χ3n) is 2.51. The lowest BCUT2D eigenvalue weighted by Crippen LogP contribution is -2.23. The molecule has 18 heavy (non-hydrogen) atoms. The molecule has 2 aromatic rings. The third-order valence-corrected chi connectivity index (χ3v) is 2.51. The minimum atomic E-state index is -0.500. The molecular formula is C14H17NO3. The average Bonchev–Trinajstić information content (AvgIpc) is 2.69. The van der Waals surface area contributed by atoms with Gasteiger partial charge in [0.25, 0.3) is 0 Å². The van der Waals surface area contributed by atoms with Crippen molar-refractivity contribution in [3.63, 3.8) is 0 Å². The fourth-order valence-corrected chi connectivity index (χ4v) is 1.73. The monoisotopic (exact) mass is 247 g/mol. The lowest BCUT2D eigenvalue weighted by Gasteiger charge is -2.19. The van der Waals surface area contributed by atoms with Crippen LogP contribution < -0.4 is 4.74 Å². The summed E-state index contributed by atoms with van der Waals surface area (Å²) in [6.45, 7) is 5.54. The Morgan fingerprint density at radius 3 is 2.61 bits per heavy atom. The van der Waals surface area contributed by atoms with Crippen LogP contribution in [0.3, 0.4) is 0 Å². The van der Waals surface area contributed by atoms with Gasteiger partial charge >= 0.3 is 5.97 Å². The minimum absolute atomic E-state index is 0.331. The molecule has 0 amide bonds. The van der Waals surface area contributed by atoms with Crippen molar-refractivity contribution in [2.75, 3.05) is 7.11 Å². The zero-order valence-corrected chi connectivity index (χ0v) is 11.0. The molecule has 0 aliphatic rings. The van der Waals surface area contributed by atoms with Gasteiger partial charge < -0.3 is 14.5 Å². The van der Waals surface area contributed by atoms with E-state index < -0.39 is 5.60 Å². The van der Waals surface area contributed by atoms with Crippen molar-refractivity contribution in [1.29, 1.82) is 0 Å². The molecule has 0 aliphatic carbocycles. The summed E-state index contributed by atoms with van der Waals surface area (Å²) in [6, 6.07) is 5.55. The van der Waals surface area contributed by atoms with E-state index in [0.29, 0.717) is 11.3 Å². The summed E-state index contributed by atoms with van der Waals surface area (Å²) < 4.78 is 10.5. The van der Waals surface area contributed by atoms with Crippen LogP contribution in [-0.4, -0.2) is 23.7 Å². The van der Waals surface area contributed by atoms with Crippen molar-refractivity contribution < 1.29 is 14.3 Å². The average molecular weight is 247 g/mol. The highest BCUT2D eigenvalue weighted by atomic mass is 16.6. The SMILES string of the molecule is COc1ccc2[nH]cc(C(=O)OC(C)(C)C)c2c1. The maximum absolute atomic E-state index is 12.1. The van der Waals surface area contributed by atoms with Gasteiger partial charge in [0, 0.05) is 17.1 Å². The Kier molecular flexibility index (Phi) is 3.03. The molecule has 0 fully saturated rings. The second kappa shape index (κ2) is 4.37. The summed E-state index contributed by atoms with van der Waals surface area (Å²) in [5.74, 6) is 0.383. The molecule has 0 aliphatic heterocycles. The van der Waals surface area contributed by atoms with E-state index in [1.807, 2.05) is 39.0 Å². The Balaban J connectivity index is 2.42. The Labute approximate surface area is 106 Å². The molecule has 1 aromatic carbocycles. The van der Waals surface area contributed by atoms with Crippen LogP contribution in [0.4, 0.5) is 0 Å². The van der Waals surface area contributed by atoms with E-state index in [1.165, 1.54) is 0 Å². The Hall–Kier alpha value is -1.97. The van der Waals surface area contributed by atoms with E-state index in [9.17, 15) is 4.79 Å². The standard InChI is InChI=1S/C14H17NO3/c1-14(2,3)18-13(16)11-8-15-12-6-5-9(17-4)7-10(11)12/h5-8,15H,1-4H3. The van der Waals surface area contributed by atoms with Gasteiger partial charge in [-0.1, -0.05) is 0 Å². The second-order valence-electron chi connectivity index (χ2n) is 5.12. The number of aromatic nitrogens is 1. The summed E-state index contributed by atoms with van der Waals surface area (Å²) in [4.78, 5) is 15.1. The Bertz CT molecular complexity index is 578. The van der Waals surface area contributed by atoms with Gasteiger partial charge in [-0.05, 0) is 39.0 Å².